The average molecular weight is 218 g/mol. The van der Waals surface area contributed by atoms with Gasteiger partial charge in [0, 0.05) is 17.6 Å². The summed E-state index contributed by atoms with van der Waals surface area (Å²) in [5.41, 5.74) is 2.10. The van der Waals surface area contributed by atoms with Crippen LogP contribution >= 0.6 is 0 Å². The van der Waals surface area contributed by atoms with Crippen LogP contribution in [0.15, 0.2) is 24.3 Å². The molecule has 1 aliphatic carbocycles. The highest BCUT2D eigenvalue weighted by atomic mass is 16.1. The van der Waals surface area contributed by atoms with Crippen molar-refractivity contribution in [2.75, 3.05) is 13.6 Å². The normalized spacial score (nSPS) is 16.9. The maximum atomic E-state index is 11.7. The molecule has 1 aromatic rings. The van der Waals surface area contributed by atoms with Crippen molar-refractivity contribution in [1.82, 2.24) is 10.6 Å². The van der Waals surface area contributed by atoms with Gasteiger partial charge in [-0.1, -0.05) is 12.1 Å². The van der Waals surface area contributed by atoms with Gasteiger partial charge < -0.3 is 10.6 Å². The maximum Gasteiger partial charge on any atom is 0.251 e. The lowest BCUT2D eigenvalue weighted by molar-refractivity contribution is 0.0955. The van der Waals surface area contributed by atoms with Crippen molar-refractivity contribution in [2.24, 2.45) is 0 Å². The molecule has 16 heavy (non-hydrogen) atoms. The summed E-state index contributed by atoms with van der Waals surface area (Å²) >= 11 is 0. The van der Waals surface area contributed by atoms with Crippen LogP contribution in [0.4, 0.5) is 0 Å². The van der Waals surface area contributed by atoms with E-state index in [-0.39, 0.29) is 11.4 Å². The Bertz CT molecular complexity index is 397. The number of amides is 1. The molecule has 0 heterocycles. The van der Waals surface area contributed by atoms with Gasteiger partial charge in [-0.05, 0) is 44.5 Å². The van der Waals surface area contributed by atoms with E-state index in [1.807, 2.05) is 32.2 Å². The fourth-order valence-corrected chi connectivity index (χ4v) is 2.03. The van der Waals surface area contributed by atoms with E-state index in [1.54, 1.807) is 0 Å². The largest absolute Gasteiger partial charge is 0.352 e. The highest BCUT2D eigenvalue weighted by Gasteiger charge is 2.42. The highest BCUT2D eigenvalue weighted by molar-refractivity contribution is 5.94. The van der Waals surface area contributed by atoms with Crippen LogP contribution in [0.5, 0.6) is 0 Å². The van der Waals surface area contributed by atoms with E-state index in [4.69, 9.17) is 0 Å². The Balaban J connectivity index is 2.23. The standard InChI is InChI=1S/C13H18N2O/c1-3-15-12(16)10-5-4-6-11(9-10)13(14-2)7-8-13/h4-6,9,14H,3,7-8H2,1-2H3,(H,15,16). The van der Waals surface area contributed by atoms with E-state index >= 15 is 0 Å². The van der Waals surface area contributed by atoms with E-state index in [0.717, 1.165) is 18.4 Å². The molecule has 0 spiro atoms. The van der Waals surface area contributed by atoms with E-state index in [2.05, 4.69) is 16.7 Å². The molecule has 1 fully saturated rings. The maximum absolute atomic E-state index is 11.7. The fraction of sp³-hybridized carbons (Fsp3) is 0.462. The zero-order valence-electron chi connectivity index (χ0n) is 9.84. The minimum atomic E-state index is 0.0104. The van der Waals surface area contributed by atoms with Gasteiger partial charge in [-0.25, -0.2) is 0 Å². The molecular formula is C13H18N2O. The van der Waals surface area contributed by atoms with Crippen LogP contribution in [-0.4, -0.2) is 19.5 Å². The molecule has 3 nitrogen and oxygen atoms in total. The number of nitrogens with one attached hydrogen (secondary N) is 2. The number of rotatable bonds is 4. The van der Waals surface area contributed by atoms with Crippen LogP contribution < -0.4 is 10.6 Å². The minimum Gasteiger partial charge on any atom is -0.352 e. The van der Waals surface area contributed by atoms with E-state index in [0.29, 0.717) is 6.54 Å². The summed E-state index contributed by atoms with van der Waals surface area (Å²) in [5, 5.41) is 6.15. The van der Waals surface area contributed by atoms with Gasteiger partial charge in [-0.15, -0.1) is 0 Å². The molecule has 0 bridgehead atoms. The summed E-state index contributed by atoms with van der Waals surface area (Å²) in [5.74, 6) is 0.0104. The van der Waals surface area contributed by atoms with Crippen LogP contribution in [0.25, 0.3) is 0 Å². The summed E-state index contributed by atoms with van der Waals surface area (Å²) in [6, 6.07) is 7.90. The molecule has 0 aliphatic heterocycles. The Morgan fingerprint density at radius 2 is 2.19 bits per heavy atom. The quantitative estimate of drug-likeness (QED) is 0.806. The monoisotopic (exact) mass is 218 g/mol. The predicted molar refractivity (Wildman–Crippen MR) is 64.4 cm³/mol. The van der Waals surface area contributed by atoms with Crippen molar-refractivity contribution < 1.29 is 4.79 Å². The van der Waals surface area contributed by atoms with Gasteiger partial charge in [0.1, 0.15) is 0 Å². The Hall–Kier alpha value is -1.35. The second-order valence-corrected chi connectivity index (χ2v) is 4.27. The van der Waals surface area contributed by atoms with Gasteiger partial charge in [0.05, 0.1) is 0 Å². The molecule has 1 amide bonds. The average Bonchev–Trinajstić information content (AvgIpc) is 3.10. The third kappa shape index (κ3) is 1.95. The van der Waals surface area contributed by atoms with Gasteiger partial charge in [0.15, 0.2) is 0 Å². The van der Waals surface area contributed by atoms with Crippen LogP contribution in [0, 0.1) is 0 Å². The molecule has 0 radical (unpaired) electrons. The summed E-state index contributed by atoms with van der Waals surface area (Å²) in [7, 11) is 1.98. The minimum absolute atomic E-state index is 0.0104. The molecule has 2 N–H and O–H groups in total. The third-order valence-corrected chi connectivity index (χ3v) is 3.24. The second-order valence-electron chi connectivity index (χ2n) is 4.27. The van der Waals surface area contributed by atoms with Crippen molar-refractivity contribution in [3.05, 3.63) is 35.4 Å². The van der Waals surface area contributed by atoms with Gasteiger partial charge in [0.25, 0.3) is 5.91 Å². The summed E-state index contributed by atoms with van der Waals surface area (Å²) < 4.78 is 0. The van der Waals surface area contributed by atoms with Crippen LogP contribution in [0.3, 0.4) is 0 Å². The first kappa shape index (κ1) is 11.1. The zero-order valence-corrected chi connectivity index (χ0v) is 9.84. The fourth-order valence-electron chi connectivity index (χ4n) is 2.03. The predicted octanol–water partition coefficient (Wildman–Crippen LogP) is 1.64. The number of carbonyl (C=O) groups is 1. The first-order valence-electron chi connectivity index (χ1n) is 5.79. The Morgan fingerprint density at radius 1 is 1.44 bits per heavy atom. The van der Waals surface area contributed by atoms with Crippen molar-refractivity contribution >= 4 is 5.91 Å². The second kappa shape index (κ2) is 4.26. The number of hydrogen-bond acceptors (Lipinski definition) is 2. The van der Waals surface area contributed by atoms with Gasteiger partial charge in [-0.2, -0.15) is 0 Å². The lowest BCUT2D eigenvalue weighted by atomic mass is 10.0. The summed E-state index contributed by atoms with van der Waals surface area (Å²) in [4.78, 5) is 11.7. The Kier molecular flexibility index (Phi) is 2.97. The van der Waals surface area contributed by atoms with E-state index in [9.17, 15) is 4.79 Å². The molecular weight excluding hydrogens is 200 g/mol. The van der Waals surface area contributed by atoms with E-state index in [1.165, 1.54) is 5.56 Å². The van der Waals surface area contributed by atoms with Crippen molar-refractivity contribution in [1.29, 1.82) is 0 Å². The third-order valence-electron chi connectivity index (χ3n) is 3.24. The molecule has 3 heteroatoms. The lowest BCUT2D eigenvalue weighted by Crippen LogP contribution is -2.26. The zero-order chi connectivity index (χ0) is 11.6. The molecule has 0 atom stereocenters. The number of carbonyl (C=O) groups excluding carboxylic acids is 1. The van der Waals surface area contributed by atoms with Gasteiger partial charge in [0.2, 0.25) is 0 Å². The molecule has 0 unspecified atom stereocenters. The SMILES string of the molecule is CCNC(=O)c1cccc(C2(NC)CC2)c1. The van der Waals surface area contributed by atoms with Crippen molar-refractivity contribution in [3.8, 4) is 0 Å². The van der Waals surface area contributed by atoms with Gasteiger partial charge >= 0.3 is 0 Å². The lowest BCUT2D eigenvalue weighted by Gasteiger charge is -2.15. The van der Waals surface area contributed by atoms with Crippen LogP contribution in [0.1, 0.15) is 35.7 Å². The van der Waals surface area contributed by atoms with Crippen molar-refractivity contribution in [2.45, 2.75) is 25.3 Å². The molecule has 2 rings (SSSR count). The molecule has 1 saturated carbocycles. The topological polar surface area (TPSA) is 41.1 Å². The molecule has 1 aromatic carbocycles. The summed E-state index contributed by atoms with van der Waals surface area (Å²) in [6.07, 6.45) is 2.31. The van der Waals surface area contributed by atoms with Crippen molar-refractivity contribution in [3.63, 3.8) is 0 Å². The van der Waals surface area contributed by atoms with Crippen LogP contribution in [-0.2, 0) is 5.54 Å². The van der Waals surface area contributed by atoms with E-state index < -0.39 is 0 Å². The molecule has 1 aliphatic rings. The molecule has 0 saturated heterocycles. The molecule has 0 aromatic heterocycles. The number of benzene rings is 1. The molecule has 86 valence electrons. The smallest absolute Gasteiger partial charge is 0.251 e. The number of hydrogen-bond donors (Lipinski definition) is 2. The highest BCUT2D eigenvalue weighted by Crippen LogP contribution is 2.45. The first-order valence-corrected chi connectivity index (χ1v) is 5.79. The first-order chi connectivity index (χ1) is 7.72. The Labute approximate surface area is 96.2 Å². The van der Waals surface area contributed by atoms with Crippen LogP contribution in [0.2, 0.25) is 0 Å². The Morgan fingerprint density at radius 3 is 2.75 bits per heavy atom. The van der Waals surface area contributed by atoms with Gasteiger partial charge in [-0.3, -0.25) is 4.79 Å². The summed E-state index contributed by atoms with van der Waals surface area (Å²) in [6.45, 7) is 2.60.